The van der Waals surface area contributed by atoms with Gasteiger partial charge < -0.3 is 4.98 Å². The second kappa shape index (κ2) is 1.80. The minimum Gasteiger partial charge on any atom is -0.360 e. The summed E-state index contributed by atoms with van der Waals surface area (Å²) in [6, 6.07) is 2.00. The van der Waals surface area contributed by atoms with Gasteiger partial charge in [0.25, 0.3) is 0 Å². The van der Waals surface area contributed by atoms with Crippen LogP contribution in [0.15, 0.2) is 18.5 Å². The third-order valence-electron chi connectivity index (χ3n) is 1.56. The Kier molecular flexibility index (Phi) is 0.974. The average molecular weight is 133 g/mol. The van der Waals surface area contributed by atoms with Crippen molar-refractivity contribution in [3.05, 3.63) is 24.2 Å². The van der Waals surface area contributed by atoms with Crippen molar-refractivity contribution in [2.24, 2.45) is 0 Å². The molecule has 2 heterocycles. The van der Waals surface area contributed by atoms with Gasteiger partial charge in [0.2, 0.25) is 0 Å². The minimum atomic E-state index is 0.971. The maximum atomic E-state index is 3.91. The first-order valence-electron chi connectivity index (χ1n) is 3.13. The first-order valence-corrected chi connectivity index (χ1v) is 3.13. The standard InChI is InChI=1S/C7H7N3/c1-5-6-2-3-8-7(6)4-9-10-5/h2-4,8H,1H3. The molecular formula is C7H7N3. The molecular weight excluding hydrogens is 126 g/mol. The lowest BCUT2D eigenvalue weighted by molar-refractivity contribution is 1.00. The second-order valence-corrected chi connectivity index (χ2v) is 2.24. The maximum Gasteiger partial charge on any atom is 0.0737 e. The number of aromatic amines is 1. The Bertz CT molecular complexity index is 350. The highest BCUT2D eigenvalue weighted by Gasteiger charge is 1.96. The molecule has 50 valence electrons. The van der Waals surface area contributed by atoms with E-state index in [4.69, 9.17) is 0 Å². The van der Waals surface area contributed by atoms with Crippen LogP contribution >= 0.6 is 0 Å². The van der Waals surface area contributed by atoms with Crippen molar-refractivity contribution in [1.82, 2.24) is 15.2 Å². The zero-order valence-electron chi connectivity index (χ0n) is 5.63. The number of H-pyrrole nitrogens is 1. The molecule has 2 aromatic rings. The number of nitrogens with zero attached hydrogens (tertiary/aromatic N) is 2. The molecule has 10 heavy (non-hydrogen) atoms. The van der Waals surface area contributed by atoms with Crippen molar-refractivity contribution in [3.63, 3.8) is 0 Å². The lowest BCUT2D eigenvalue weighted by Crippen LogP contribution is -1.84. The molecule has 3 heteroatoms. The van der Waals surface area contributed by atoms with Crippen molar-refractivity contribution in [2.75, 3.05) is 0 Å². The van der Waals surface area contributed by atoms with Gasteiger partial charge in [-0.05, 0) is 13.0 Å². The van der Waals surface area contributed by atoms with Gasteiger partial charge in [0.15, 0.2) is 0 Å². The summed E-state index contributed by atoms with van der Waals surface area (Å²) in [5, 5.41) is 8.86. The fourth-order valence-corrected chi connectivity index (χ4v) is 1.03. The molecule has 0 spiro atoms. The largest absolute Gasteiger partial charge is 0.360 e. The third kappa shape index (κ3) is 0.603. The average Bonchev–Trinajstić information content (AvgIpc) is 2.36. The van der Waals surface area contributed by atoms with Crippen LogP contribution in [-0.2, 0) is 0 Å². The van der Waals surface area contributed by atoms with E-state index in [0.29, 0.717) is 0 Å². The van der Waals surface area contributed by atoms with E-state index in [-0.39, 0.29) is 0 Å². The normalized spacial score (nSPS) is 10.5. The monoisotopic (exact) mass is 133 g/mol. The molecule has 0 fully saturated rings. The van der Waals surface area contributed by atoms with Crippen LogP contribution in [0.1, 0.15) is 5.69 Å². The van der Waals surface area contributed by atoms with Crippen LogP contribution in [0, 0.1) is 6.92 Å². The molecule has 0 aliphatic carbocycles. The maximum absolute atomic E-state index is 3.91. The van der Waals surface area contributed by atoms with E-state index in [1.807, 2.05) is 19.2 Å². The summed E-state index contributed by atoms with van der Waals surface area (Å²) in [7, 11) is 0. The Hall–Kier alpha value is -1.38. The van der Waals surface area contributed by atoms with Crippen molar-refractivity contribution >= 4 is 10.9 Å². The molecule has 0 saturated carbocycles. The Morgan fingerprint density at radius 1 is 1.50 bits per heavy atom. The summed E-state index contributed by atoms with van der Waals surface area (Å²) in [5.41, 5.74) is 2.02. The molecule has 0 aromatic carbocycles. The molecule has 0 saturated heterocycles. The SMILES string of the molecule is Cc1nncc2[nH]ccc12. The lowest BCUT2D eigenvalue weighted by atomic mass is 10.3. The Morgan fingerprint density at radius 2 is 2.40 bits per heavy atom. The van der Waals surface area contributed by atoms with Crippen LogP contribution in [-0.4, -0.2) is 15.2 Å². The van der Waals surface area contributed by atoms with E-state index in [9.17, 15) is 0 Å². The number of rotatable bonds is 0. The number of hydrogen-bond acceptors (Lipinski definition) is 2. The highest BCUT2D eigenvalue weighted by Crippen LogP contribution is 2.11. The molecule has 3 nitrogen and oxygen atoms in total. The number of fused-ring (bicyclic) bond motifs is 1. The zero-order valence-corrected chi connectivity index (χ0v) is 5.63. The molecule has 0 radical (unpaired) electrons. The fourth-order valence-electron chi connectivity index (χ4n) is 1.03. The predicted molar refractivity (Wildman–Crippen MR) is 38.6 cm³/mol. The lowest BCUT2D eigenvalue weighted by Gasteiger charge is -1.89. The van der Waals surface area contributed by atoms with Gasteiger partial charge in [-0.1, -0.05) is 0 Å². The summed E-state index contributed by atoms with van der Waals surface area (Å²) < 4.78 is 0. The van der Waals surface area contributed by atoms with E-state index in [1.165, 1.54) is 0 Å². The van der Waals surface area contributed by atoms with E-state index < -0.39 is 0 Å². The van der Waals surface area contributed by atoms with Gasteiger partial charge >= 0.3 is 0 Å². The van der Waals surface area contributed by atoms with Gasteiger partial charge in [0, 0.05) is 11.6 Å². The smallest absolute Gasteiger partial charge is 0.0737 e. The van der Waals surface area contributed by atoms with Gasteiger partial charge in [-0.2, -0.15) is 10.2 Å². The number of hydrogen-bond donors (Lipinski definition) is 1. The van der Waals surface area contributed by atoms with E-state index in [2.05, 4.69) is 15.2 Å². The van der Waals surface area contributed by atoms with Gasteiger partial charge in [-0.3, -0.25) is 0 Å². The quantitative estimate of drug-likeness (QED) is 0.588. The summed E-state index contributed by atoms with van der Waals surface area (Å²) in [5.74, 6) is 0. The van der Waals surface area contributed by atoms with Gasteiger partial charge in [0.05, 0.1) is 17.4 Å². The molecule has 2 aromatic heterocycles. The number of aromatic nitrogens is 3. The Balaban J connectivity index is 2.95. The van der Waals surface area contributed by atoms with Crippen LogP contribution < -0.4 is 0 Å². The molecule has 0 unspecified atom stereocenters. The first-order chi connectivity index (χ1) is 4.88. The molecule has 0 aliphatic rings. The summed E-state index contributed by atoms with van der Waals surface area (Å²) in [6.07, 6.45) is 3.61. The van der Waals surface area contributed by atoms with E-state index in [1.54, 1.807) is 6.20 Å². The highest BCUT2D eigenvalue weighted by molar-refractivity contribution is 5.80. The van der Waals surface area contributed by atoms with Crippen molar-refractivity contribution in [2.45, 2.75) is 6.92 Å². The molecule has 1 N–H and O–H groups in total. The second-order valence-electron chi connectivity index (χ2n) is 2.24. The van der Waals surface area contributed by atoms with E-state index in [0.717, 1.165) is 16.6 Å². The fraction of sp³-hybridized carbons (Fsp3) is 0.143. The molecule has 0 atom stereocenters. The number of nitrogens with one attached hydrogen (secondary N) is 1. The first kappa shape index (κ1) is 5.41. The van der Waals surface area contributed by atoms with Crippen LogP contribution in [0.2, 0.25) is 0 Å². The van der Waals surface area contributed by atoms with Crippen LogP contribution in [0.5, 0.6) is 0 Å². The summed E-state index contributed by atoms with van der Waals surface area (Å²) in [4.78, 5) is 3.06. The van der Waals surface area contributed by atoms with Crippen molar-refractivity contribution < 1.29 is 0 Å². The van der Waals surface area contributed by atoms with Gasteiger partial charge in [-0.25, -0.2) is 0 Å². The zero-order chi connectivity index (χ0) is 6.97. The summed E-state index contributed by atoms with van der Waals surface area (Å²) in [6.45, 7) is 1.95. The van der Waals surface area contributed by atoms with Crippen LogP contribution in [0.4, 0.5) is 0 Å². The van der Waals surface area contributed by atoms with Crippen molar-refractivity contribution in [3.8, 4) is 0 Å². The predicted octanol–water partition coefficient (Wildman–Crippen LogP) is 1.27. The van der Waals surface area contributed by atoms with Gasteiger partial charge in [-0.15, -0.1) is 0 Å². The van der Waals surface area contributed by atoms with Gasteiger partial charge in [0.1, 0.15) is 0 Å². The number of aryl methyl sites for hydroxylation is 1. The van der Waals surface area contributed by atoms with Crippen LogP contribution in [0.3, 0.4) is 0 Å². The molecule has 0 bridgehead atoms. The molecule has 0 aliphatic heterocycles. The van der Waals surface area contributed by atoms with Crippen molar-refractivity contribution in [1.29, 1.82) is 0 Å². The molecule has 0 amide bonds. The molecule has 2 rings (SSSR count). The minimum absolute atomic E-state index is 0.971. The topological polar surface area (TPSA) is 41.6 Å². The third-order valence-corrected chi connectivity index (χ3v) is 1.56. The van der Waals surface area contributed by atoms with Crippen LogP contribution in [0.25, 0.3) is 10.9 Å². The highest BCUT2D eigenvalue weighted by atomic mass is 15.1. The van der Waals surface area contributed by atoms with E-state index >= 15 is 0 Å². The Labute approximate surface area is 58.1 Å². The summed E-state index contributed by atoms with van der Waals surface area (Å²) >= 11 is 0. The Morgan fingerprint density at radius 3 is 3.20 bits per heavy atom.